The number of hydrogen-bond acceptors (Lipinski definition) is 7. The lowest BCUT2D eigenvalue weighted by molar-refractivity contribution is -0.384. The van der Waals surface area contributed by atoms with Crippen LogP contribution in [0, 0.1) is 10.1 Å². The molecule has 0 spiro atoms. The highest BCUT2D eigenvalue weighted by Gasteiger charge is 2.23. The van der Waals surface area contributed by atoms with E-state index in [1.807, 2.05) is 6.26 Å². The van der Waals surface area contributed by atoms with Crippen LogP contribution in [0.4, 0.5) is 5.69 Å². The van der Waals surface area contributed by atoms with Crippen LogP contribution in [-0.4, -0.2) is 40.7 Å². The Morgan fingerprint density at radius 3 is 2.62 bits per heavy atom. The molecule has 2 rings (SSSR count). The number of nitrogens with one attached hydrogen (secondary N) is 3. The molecule has 154 valence electrons. The van der Waals surface area contributed by atoms with Crippen LogP contribution in [-0.2, 0) is 4.79 Å². The van der Waals surface area contributed by atoms with E-state index in [4.69, 9.17) is 11.6 Å². The normalized spacial score (nSPS) is 11.4. The molecule has 1 aromatic heterocycles. The molecule has 1 aromatic carbocycles. The fourth-order valence-electron chi connectivity index (χ4n) is 2.21. The van der Waals surface area contributed by atoms with Crippen molar-refractivity contribution in [1.29, 1.82) is 0 Å². The van der Waals surface area contributed by atoms with E-state index in [1.54, 1.807) is 17.5 Å². The van der Waals surface area contributed by atoms with Crippen LogP contribution in [0.2, 0.25) is 5.02 Å². The number of carbonyl (C=O) groups is 3. The number of nitro benzene ring substituents is 1. The van der Waals surface area contributed by atoms with Crippen molar-refractivity contribution in [2.75, 3.05) is 12.0 Å². The third-order valence-corrected chi connectivity index (χ3v) is 5.51. The lowest BCUT2D eigenvalue weighted by atomic mass is 10.1. The summed E-state index contributed by atoms with van der Waals surface area (Å²) in [5, 5.41) is 15.2. The van der Waals surface area contributed by atoms with E-state index in [1.165, 1.54) is 35.2 Å². The Balaban J connectivity index is 2.06. The molecule has 3 N–H and O–H groups in total. The Hall–Kier alpha value is -2.63. The second-order valence-corrected chi connectivity index (χ2v) is 7.99. The fourth-order valence-corrected chi connectivity index (χ4v) is 3.49. The van der Waals surface area contributed by atoms with Crippen molar-refractivity contribution < 1.29 is 19.3 Å². The van der Waals surface area contributed by atoms with Crippen molar-refractivity contribution in [3.8, 4) is 0 Å². The highest BCUT2D eigenvalue weighted by molar-refractivity contribution is 7.98. The maximum atomic E-state index is 12.5. The third kappa shape index (κ3) is 6.44. The number of carbonyl (C=O) groups excluding carboxylic acids is 3. The number of nitrogens with zero attached hydrogens (tertiary/aromatic N) is 1. The lowest BCUT2D eigenvalue weighted by Crippen LogP contribution is -2.52. The van der Waals surface area contributed by atoms with Gasteiger partial charge in [0.15, 0.2) is 0 Å². The van der Waals surface area contributed by atoms with Gasteiger partial charge in [-0.05, 0) is 42.0 Å². The number of benzene rings is 1. The first kappa shape index (κ1) is 22.7. The molecule has 0 aliphatic heterocycles. The zero-order valence-electron chi connectivity index (χ0n) is 15.1. The van der Waals surface area contributed by atoms with Crippen molar-refractivity contribution in [1.82, 2.24) is 16.2 Å². The van der Waals surface area contributed by atoms with Crippen molar-refractivity contribution in [2.24, 2.45) is 0 Å². The van der Waals surface area contributed by atoms with Gasteiger partial charge in [0.1, 0.15) is 11.1 Å². The number of hydrogen-bond donors (Lipinski definition) is 3. The van der Waals surface area contributed by atoms with Crippen molar-refractivity contribution in [2.45, 2.75) is 12.5 Å². The molecule has 0 aliphatic rings. The molecule has 1 atom stereocenters. The molecule has 3 amide bonds. The number of thiophene rings is 1. The summed E-state index contributed by atoms with van der Waals surface area (Å²) in [4.78, 5) is 47.6. The highest BCUT2D eigenvalue weighted by Crippen LogP contribution is 2.25. The number of thioether (sulfide) groups is 1. The van der Waals surface area contributed by atoms with Gasteiger partial charge in [-0.25, -0.2) is 0 Å². The molecule has 0 aliphatic carbocycles. The van der Waals surface area contributed by atoms with Gasteiger partial charge in [0.25, 0.3) is 23.4 Å². The summed E-state index contributed by atoms with van der Waals surface area (Å²) in [5.74, 6) is -1.19. The highest BCUT2D eigenvalue weighted by atomic mass is 35.5. The molecule has 0 bridgehead atoms. The van der Waals surface area contributed by atoms with Crippen LogP contribution >= 0.6 is 34.7 Å². The Bertz CT molecular complexity index is 907. The molecular formula is C17H17ClN4O5S2. The molecule has 0 radical (unpaired) electrons. The van der Waals surface area contributed by atoms with Gasteiger partial charge in [0.2, 0.25) is 0 Å². The van der Waals surface area contributed by atoms with Gasteiger partial charge in [-0.1, -0.05) is 17.7 Å². The fraction of sp³-hybridized carbons (Fsp3) is 0.235. The zero-order chi connectivity index (χ0) is 21.4. The van der Waals surface area contributed by atoms with Crippen LogP contribution in [0.1, 0.15) is 26.5 Å². The van der Waals surface area contributed by atoms with Gasteiger partial charge in [0.05, 0.1) is 9.80 Å². The molecule has 0 saturated carbocycles. The van der Waals surface area contributed by atoms with Gasteiger partial charge in [-0.2, -0.15) is 11.8 Å². The van der Waals surface area contributed by atoms with Gasteiger partial charge >= 0.3 is 0 Å². The quantitative estimate of drug-likeness (QED) is 0.413. The first-order valence-electron chi connectivity index (χ1n) is 8.21. The number of rotatable bonds is 8. The average Bonchev–Trinajstić information content (AvgIpc) is 3.23. The largest absolute Gasteiger partial charge is 0.340 e. The number of nitro groups is 1. The van der Waals surface area contributed by atoms with E-state index in [0.717, 1.165) is 6.07 Å². The van der Waals surface area contributed by atoms with Gasteiger partial charge in [-0.15, -0.1) is 11.3 Å². The third-order valence-electron chi connectivity index (χ3n) is 3.68. The Morgan fingerprint density at radius 2 is 2.00 bits per heavy atom. The predicted molar refractivity (Wildman–Crippen MR) is 112 cm³/mol. The lowest BCUT2D eigenvalue weighted by Gasteiger charge is -2.18. The summed E-state index contributed by atoms with van der Waals surface area (Å²) in [6, 6.07) is 5.97. The van der Waals surface area contributed by atoms with E-state index in [2.05, 4.69) is 16.2 Å². The second kappa shape index (κ2) is 10.8. The number of amides is 3. The van der Waals surface area contributed by atoms with E-state index >= 15 is 0 Å². The molecule has 9 nitrogen and oxygen atoms in total. The molecular weight excluding hydrogens is 440 g/mol. The Kier molecular flexibility index (Phi) is 8.43. The van der Waals surface area contributed by atoms with Gasteiger partial charge < -0.3 is 5.32 Å². The minimum Gasteiger partial charge on any atom is -0.340 e. The SMILES string of the molecule is CSCCC(NC(=O)c1ccc(Cl)c([N+](=O)[O-])c1)C(=O)NNC(=O)c1cccs1. The monoisotopic (exact) mass is 456 g/mol. The van der Waals surface area contributed by atoms with E-state index < -0.39 is 34.4 Å². The maximum absolute atomic E-state index is 12.5. The van der Waals surface area contributed by atoms with Crippen LogP contribution in [0.25, 0.3) is 0 Å². The molecule has 0 saturated heterocycles. The zero-order valence-corrected chi connectivity index (χ0v) is 17.5. The average molecular weight is 457 g/mol. The van der Waals surface area contributed by atoms with Crippen LogP contribution in [0.3, 0.4) is 0 Å². The van der Waals surface area contributed by atoms with Crippen LogP contribution in [0.5, 0.6) is 0 Å². The smallest absolute Gasteiger partial charge is 0.288 e. The summed E-state index contributed by atoms with van der Waals surface area (Å²) >= 11 is 8.45. The van der Waals surface area contributed by atoms with Gasteiger partial charge in [-0.3, -0.25) is 35.3 Å². The first-order chi connectivity index (χ1) is 13.8. The van der Waals surface area contributed by atoms with Crippen molar-refractivity contribution in [3.05, 3.63) is 61.3 Å². The summed E-state index contributed by atoms with van der Waals surface area (Å²) in [6.45, 7) is 0. The van der Waals surface area contributed by atoms with Crippen LogP contribution < -0.4 is 16.2 Å². The van der Waals surface area contributed by atoms with Crippen molar-refractivity contribution in [3.63, 3.8) is 0 Å². The summed E-state index contributed by atoms with van der Waals surface area (Å²) in [6.07, 6.45) is 2.14. The van der Waals surface area contributed by atoms with Crippen molar-refractivity contribution >= 4 is 58.1 Å². The van der Waals surface area contributed by atoms with Gasteiger partial charge in [0, 0.05) is 11.6 Å². The Morgan fingerprint density at radius 1 is 1.24 bits per heavy atom. The number of hydrazine groups is 1. The molecule has 1 unspecified atom stereocenters. The standard InChI is InChI=1S/C17H17ClN4O5S2/c1-28-8-6-12(16(24)20-21-17(25)14-3-2-7-29-14)19-15(23)10-4-5-11(18)13(9-10)22(26)27/h2-5,7,9,12H,6,8H2,1H3,(H,19,23)(H,20,24)(H,21,25). The molecule has 1 heterocycles. The summed E-state index contributed by atoms with van der Waals surface area (Å²) in [5.41, 5.74) is 4.17. The predicted octanol–water partition coefficient (Wildman–Crippen LogP) is 2.62. The minimum absolute atomic E-state index is 0.00864. The van der Waals surface area contributed by atoms with E-state index in [-0.39, 0.29) is 10.6 Å². The summed E-state index contributed by atoms with van der Waals surface area (Å²) in [7, 11) is 0. The molecule has 29 heavy (non-hydrogen) atoms. The Labute approximate surface area is 179 Å². The topological polar surface area (TPSA) is 130 Å². The van der Waals surface area contributed by atoms with Crippen LogP contribution in [0.15, 0.2) is 35.7 Å². The summed E-state index contributed by atoms with van der Waals surface area (Å²) < 4.78 is 0. The minimum atomic E-state index is -0.951. The second-order valence-electron chi connectivity index (χ2n) is 5.65. The van der Waals surface area contributed by atoms with E-state index in [0.29, 0.717) is 17.1 Å². The molecule has 0 fully saturated rings. The van der Waals surface area contributed by atoms with E-state index in [9.17, 15) is 24.5 Å². The maximum Gasteiger partial charge on any atom is 0.288 e. The first-order valence-corrected chi connectivity index (χ1v) is 10.9. The molecule has 12 heteroatoms. The number of halogens is 1. The molecule has 2 aromatic rings.